The topological polar surface area (TPSA) is 47.8 Å². The summed E-state index contributed by atoms with van der Waals surface area (Å²) in [6.07, 6.45) is 1.71. The lowest BCUT2D eigenvalue weighted by Crippen LogP contribution is -2.14. The number of benzene rings is 1. The lowest BCUT2D eigenvalue weighted by atomic mass is 10.3. The van der Waals surface area contributed by atoms with E-state index >= 15 is 0 Å². The fourth-order valence-electron chi connectivity index (χ4n) is 1.78. The second kappa shape index (κ2) is 6.65. The molecule has 0 saturated carbocycles. The number of hydrogen-bond donors (Lipinski definition) is 0. The molecule has 0 bridgehead atoms. The minimum atomic E-state index is -0.290. The van der Waals surface area contributed by atoms with Gasteiger partial charge in [0, 0.05) is 10.9 Å². The van der Waals surface area contributed by atoms with Gasteiger partial charge >= 0.3 is 0 Å². The van der Waals surface area contributed by atoms with E-state index < -0.39 is 0 Å². The first-order valence-electron chi connectivity index (χ1n) is 6.34. The van der Waals surface area contributed by atoms with Gasteiger partial charge in [0.1, 0.15) is 18.0 Å². The molecule has 1 aromatic carbocycles. The van der Waals surface area contributed by atoms with Crippen LogP contribution >= 0.6 is 11.8 Å². The second-order valence-electron chi connectivity index (χ2n) is 4.68. The lowest BCUT2D eigenvalue weighted by Gasteiger charge is -2.08. The highest BCUT2D eigenvalue weighted by Gasteiger charge is 2.12. The van der Waals surface area contributed by atoms with Crippen LogP contribution in [0.1, 0.15) is 25.7 Å². The molecule has 0 N–H and O–H groups in total. The fraction of sp³-hybridized carbons (Fsp3) is 0.357. The Morgan fingerprint density at radius 2 is 2.25 bits per heavy atom. The zero-order valence-corrected chi connectivity index (χ0v) is 12.2. The van der Waals surface area contributed by atoms with Gasteiger partial charge in [-0.05, 0) is 32.0 Å². The molecule has 106 valence electrons. The summed E-state index contributed by atoms with van der Waals surface area (Å²) in [5.74, 6) is 0.731. The highest BCUT2D eigenvalue weighted by molar-refractivity contribution is 8.00. The van der Waals surface area contributed by atoms with Crippen LogP contribution in [-0.2, 0) is 11.2 Å². The van der Waals surface area contributed by atoms with E-state index in [-0.39, 0.29) is 24.1 Å². The highest BCUT2D eigenvalue weighted by Crippen LogP contribution is 2.19. The third kappa shape index (κ3) is 3.90. The Morgan fingerprint density at radius 1 is 1.45 bits per heavy atom. The van der Waals surface area contributed by atoms with E-state index in [1.807, 2.05) is 13.8 Å². The SMILES string of the molecule is CC(C)n1ncnc1CC(=O)CSc1cccc(F)c1. The number of carbonyl (C=O) groups excluding carboxylic acids is 1. The van der Waals surface area contributed by atoms with Crippen LogP contribution in [0.15, 0.2) is 35.5 Å². The molecule has 20 heavy (non-hydrogen) atoms. The van der Waals surface area contributed by atoms with Crippen molar-refractivity contribution in [2.24, 2.45) is 0 Å². The Kier molecular flexibility index (Phi) is 4.89. The maximum atomic E-state index is 13.0. The van der Waals surface area contributed by atoms with Crippen molar-refractivity contribution in [1.29, 1.82) is 0 Å². The number of nitrogens with zero attached hydrogens (tertiary/aromatic N) is 3. The Balaban J connectivity index is 1.91. The molecule has 0 atom stereocenters. The number of aromatic nitrogens is 3. The van der Waals surface area contributed by atoms with Crippen molar-refractivity contribution >= 4 is 17.5 Å². The third-order valence-corrected chi connectivity index (χ3v) is 3.74. The Labute approximate surface area is 121 Å². The molecule has 0 aliphatic carbocycles. The number of carbonyl (C=O) groups is 1. The largest absolute Gasteiger partial charge is 0.298 e. The summed E-state index contributed by atoms with van der Waals surface area (Å²) in [6.45, 7) is 3.98. The van der Waals surface area contributed by atoms with Gasteiger partial charge in [0.15, 0.2) is 5.78 Å². The predicted molar refractivity (Wildman–Crippen MR) is 76.2 cm³/mol. The van der Waals surface area contributed by atoms with Crippen molar-refractivity contribution in [3.63, 3.8) is 0 Å². The molecule has 0 amide bonds. The molecule has 0 aliphatic heterocycles. The van der Waals surface area contributed by atoms with Crippen molar-refractivity contribution in [2.75, 3.05) is 5.75 Å². The minimum absolute atomic E-state index is 0.0501. The predicted octanol–water partition coefficient (Wildman–Crippen LogP) is 2.90. The molecule has 2 rings (SSSR count). The standard InChI is InChI=1S/C14H16FN3OS/c1-10(2)18-14(16-9-17-18)7-12(19)8-20-13-5-3-4-11(15)6-13/h3-6,9-10H,7-8H2,1-2H3. The van der Waals surface area contributed by atoms with Crippen LogP contribution in [-0.4, -0.2) is 26.3 Å². The average molecular weight is 293 g/mol. The quantitative estimate of drug-likeness (QED) is 0.768. The molecular weight excluding hydrogens is 277 g/mol. The molecule has 0 saturated heterocycles. The summed E-state index contributed by atoms with van der Waals surface area (Å²) in [5.41, 5.74) is 0. The third-order valence-electron chi connectivity index (χ3n) is 2.69. The van der Waals surface area contributed by atoms with E-state index in [0.29, 0.717) is 11.6 Å². The summed E-state index contributed by atoms with van der Waals surface area (Å²) < 4.78 is 14.8. The van der Waals surface area contributed by atoms with Crippen LogP contribution in [0.2, 0.25) is 0 Å². The zero-order valence-electron chi connectivity index (χ0n) is 11.4. The molecular formula is C14H16FN3OS. The van der Waals surface area contributed by atoms with Crippen LogP contribution in [0.5, 0.6) is 0 Å². The fourth-order valence-corrected chi connectivity index (χ4v) is 2.58. The number of hydrogen-bond acceptors (Lipinski definition) is 4. The van der Waals surface area contributed by atoms with Gasteiger partial charge in [0.05, 0.1) is 12.2 Å². The Morgan fingerprint density at radius 3 is 2.95 bits per heavy atom. The van der Waals surface area contributed by atoms with Crippen molar-refractivity contribution in [2.45, 2.75) is 31.2 Å². The van der Waals surface area contributed by atoms with E-state index in [4.69, 9.17) is 0 Å². The van der Waals surface area contributed by atoms with Gasteiger partial charge in [-0.3, -0.25) is 4.79 Å². The summed E-state index contributed by atoms with van der Waals surface area (Å²) >= 11 is 1.33. The van der Waals surface area contributed by atoms with Crippen molar-refractivity contribution in [1.82, 2.24) is 14.8 Å². The first kappa shape index (κ1) is 14.7. The molecule has 1 aromatic heterocycles. The summed E-state index contributed by atoms with van der Waals surface area (Å²) in [6, 6.07) is 6.41. The van der Waals surface area contributed by atoms with Crippen molar-refractivity contribution in [3.8, 4) is 0 Å². The first-order valence-corrected chi connectivity index (χ1v) is 7.33. The van der Waals surface area contributed by atoms with Crippen LogP contribution in [0.3, 0.4) is 0 Å². The first-order chi connectivity index (χ1) is 9.56. The smallest absolute Gasteiger partial charge is 0.150 e. The number of ketones is 1. The maximum Gasteiger partial charge on any atom is 0.150 e. The number of thioether (sulfide) groups is 1. The van der Waals surface area contributed by atoms with Gasteiger partial charge in [-0.1, -0.05) is 6.07 Å². The second-order valence-corrected chi connectivity index (χ2v) is 5.72. The molecule has 0 radical (unpaired) electrons. The summed E-state index contributed by atoms with van der Waals surface area (Å²) in [7, 11) is 0. The number of halogens is 1. The van der Waals surface area contributed by atoms with Crippen molar-refractivity contribution < 1.29 is 9.18 Å². The average Bonchev–Trinajstić information content (AvgIpc) is 2.85. The molecule has 6 heteroatoms. The lowest BCUT2D eigenvalue weighted by molar-refractivity contribution is -0.116. The van der Waals surface area contributed by atoms with Gasteiger partial charge in [-0.2, -0.15) is 5.10 Å². The number of Topliss-reactive ketones (excluding diaryl/α,β-unsaturated/α-hetero) is 1. The number of rotatable bonds is 6. The van der Waals surface area contributed by atoms with Gasteiger partial charge < -0.3 is 0 Å². The van der Waals surface area contributed by atoms with Crippen LogP contribution in [0.4, 0.5) is 4.39 Å². The minimum Gasteiger partial charge on any atom is -0.298 e. The molecule has 0 aliphatic rings. The van der Waals surface area contributed by atoms with E-state index in [0.717, 1.165) is 4.90 Å². The van der Waals surface area contributed by atoms with E-state index in [1.54, 1.807) is 16.8 Å². The van der Waals surface area contributed by atoms with Crippen molar-refractivity contribution in [3.05, 3.63) is 42.2 Å². The van der Waals surface area contributed by atoms with E-state index in [9.17, 15) is 9.18 Å². The van der Waals surface area contributed by atoms with Crippen LogP contribution in [0, 0.1) is 5.82 Å². The van der Waals surface area contributed by atoms with Gasteiger partial charge in [0.25, 0.3) is 0 Å². The maximum absolute atomic E-state index is 13.0. The van der Waals surface area contributed by atoms with E-state index in [2.05, 4.69) is 10.1 Å². The molecule has 0 unspecified atom stereocenters. The Bertz CT molecular complexity index is 598. The van der Waals surface area contributed by atoms with Gasteiger partial charge in [0.2, 0.25) is 0 Å². The van der Waals surface area contributed by atoms with Crippen LogP contribution in [0.25, 0.3) is 0 Å². The molecule has 0 fully saturated rings. The highest BCUT2D eigenvalue weighted by atomic mass is 32.2. The van der Waals surface area contributed by atoms with Gasteiger partial charge in [-0.25, -0.2) is 14.1 Å². The molecule has 0 spiro atoms. The summed E-state index contributed by atoms with van der Waals surface area (Å²) in [5, 5.41) is 4.10. The normalized spacial score (nSPS) is 11.0. The molecule has 1 heterocycles. The van der Waals surface area contributed by atoms with Gasteiger partial charge in [-0.15, -0.1) is 11.8 Å². The molecule has 4 nitrogen and oxygen atoms in total. The monoisotopic (exact) mass is 293 g/mol. The van der Waals surface area contributed by atoms with Crippen LogP contribution < -0.4 is 0 Å². The molecule has 2 aromatic rings. The zero-order chi connectivity index (χ0) is 14.5. The summed E-state index contributed by atoms with van der Waals surface area (Å²) in [4.78, 5) is 16.8. The Hall–Kier alpha value is -1.69. The van der Waals surface area contributed by atoms with E-state index in [1.165, 1.54) is 30.2 Å².